The number of nitrogens with one attached hydrogen (secondary N) is 2. The molecule has 3 amide bonds. The van der Waals surface area contributed by atoms with Gasteiger partial charge in [-0.05, 0) is 43.3 Å². The molecule has 10 nitrogen and oxygen atoms in total. The van der Waals surface area contributed by atoms with Crippen molar-refractivity contribution in [2.24, 2.45) is 0 Å². The molecule has 0 aliphatic carbocycles. The Labute approximate surface area is 197 Å². The van der Waals surface area contributed by atoms with Gasteiger partial charge in [-0.3, -0.25) is 15.0 Å². The fraction of sp³-hybridized carbons (Fsp3) is 0.375. The van der Waals surface area contributed by atoms with Crippen LogP contribution in [0.15, 0.2) is 42.5 Å². The molecule has 10 heteroatoms. The number of nitrogens with zero attached hydrogens (tertiary/aromatic N) is 2. The van der Waals surface area contributed by atoms with Crippen LogP contribution in [-0.4, -0.2) is 75.4 Å². The maximum absolute atomic E-state index is 12.5. The van der Waals surface area contributed by atoms with Gasteiger partial charge in [-0.1, -0.05) is 0 Å². The third-order valence-corrected chi connectivity index (χ3v) is 5.82. The lowest BCUT2D eigenvalue weighted by Gasteiger charge is -2.40. The van der Waals surface area contributed by atoms with Crippen molar-refractivity contribution in [2.45, 2.75) is 13.0 Å². The molecule has 0 radical (unpaired) electrons. The first kappa shape index (κ1) is 23.4. The Bertz CT molecular complexity index is 1060. The van der Waals surface area contributed by atoms with E-state index < -0.39 is 6.03 Å². The van der Waals surface area contributed by atoms with Crippen molar-refractivity contribution in [3.63, 3.8) is 0 Å². The number of imide groups is 1. The lowest BCUT2D eigenvalue weighted by atomic mass is 10.1. The number of carbonyl (C=O) groups is 3. The summed E-state index contributed by atoms with van der Waals surface area (Å²) in [6.45, 7) is 5.20. The van der Waals surface area contributed by atoms with Gasteiger partial charge >= 0.3 is 12.0 Å². The summed E-state index contributed by atoms with van der Waals surface area (Å²) in [5.74, 6) is 0.439. The van der Waals surface area contributed by atoms with E-state index in [1.165, 1.54) is 7.11 Å². The van der Waals surface area contributed by atoms with Gasteiger partial charge in [0.25, 0.3) is 0 Å². The summed E-state index contributed by atoms with van der Waals surface area (Å²) in [7, 11) is 1.36. The predicted molar refractivity (Wildman–Crippen MR) is 126 cm³/mol. The van der Waals surface area contributed by atoms with Gasteiger partial charge in [0.05, 0.1) is 19.2 Å². The lowest BCUT2D eigenvalue weighted by Crippen LogP contribution is -2.55. The molecule has 2 aromatic carbocycles. The summed E-state index contributed by atoms with van der Waals surface area (Å²) in [5.41, 5.74) is 2.02. The summed E-state index contributed by atoms with van der Waals surface area (Å²) >= 11 is 0. The fourth-order valence-corrected chi connectivity index (χ4v) is 4.02. The van der Waals surface area contributed by atoms with Crippen LogP contribution in [0.4, 0.5) is 16.2 Å². The molecular weight excluding hydrogens is 440 g/mol. The maximum Gasteiger partial charge on any atom is 0.337 e. The van der Waals surface area contributed by atoms with Crippen LogP contribution in [0.2, 0.25) is 0 Å². The van der Waals surface area contributed by atoms with Gasteiger partial charge in [0, 0.05) is 43.1 Å². The average Bonchev–Trinajstić information content (AvgIpc) is 2.84. The van der Waals surface area contributed by atoms with E-state index in [4.69, 9.17) is 14.2 Å². The molecule has 0 spiro atoms. The van der Waals surface area contributed by atoms with Gasteiger partial charge in [-0.2, -0.15) is 0 Å². The highest BCUT2D eigenvalue weighted by Gasteiger charge is 2.26. The third kappa shape index (κ3) is 5.57. The number of anilines is 2. The first-order chi connectivity index (χ1) is 16.4. The Balaban J connectivity index is 1.25. The molecule has 1 unspecified atom stereocenters. The zero-order valence-corrected chi connectivity index (χ0v) is 19.2. The van der Waals surface area contributed by atoms with Gasteiger partial charge in [0.2, 0.25) is 5.91 Å². The average molecular weight is 469 g/mol. The molecule has 180 valence electrons. The second-order valence-corrected chi connectivity index (χ2v) is 8.16. The molecule has 0 saturated carbocycles. The summed E-state index contributed by atoms with van der Waals surface area (Å²) in [6, 6.07) is 11.8. The molecule has 2 aliphatic rings. The molecule has 1 fully saturated rings. The molecule has 2 heterocycles. The van der Waals surface area contributed by atoms with Crippen molar-refractivity contribution in [1.82, 2.24) is 10.2 Å². The largest absolute Gasteiger partial charge is 0.486 e. The zero-order chi connectivity index (χ0) is 24.1. The SMILES string of the molecule is COC(=O)c1ccc(N2CCN(CC(=O)NC(=O)Nc3ccc4c(c3)OCCO4)C(C)C2)cc1. The van der Waals surface area contributed by atoms with Crippen LogP contribution in [-0.2, 0) is 9.53 Å². The molecule has 1 saturated heterocycles. The molecule has 1 atom stereocenters. The number of ether oxygens (including phenoxy) is 3. The van der Waals surface area contributed by atoms with E-state index in [2.05, 4.69) is 15.5 Å². The van der Waals surface area contributed by atoms with Crippen molar-refractivity contribution in [3.05, 3.63) is 48.0 Å². The topological polar surface area (TPSA) is 109 Å². The molecular formula is C24H28N4O6. The van der Waals surface area contributed by atoms with E-state index in [1.54, 1.807) is 30.3 Å². The van der Waals surface area contributed by atoms with E-state index >= 15 is 0 Å². The number of rotatable bonds is 5. The molecule has 2 N–H and O–H groups in total. The van der Waals surface area contributed by atoms with Crippen molar-refractivity contribution in [1.29, 1.82) is 0 Å². The molecule has 0 bridgehead atoms. The first-order valence-electron chi connectivity index (χ1n) is 11.1. The third-order valence-electron chi connectivity index (χ3n) is 5.82. The van der Waals surface area contributed by atoms with Crippen LogP contribution in [0.1, 0.15) is 17.3 Å². The Hall–Kier alpha value is -3.79. The lowest BCUT2D eigenvalue weighted by molar-refractivity contribution is -0.121. The van der Waals surface area contributed by atoms with E-state index in [1.807, 2.05) is 24.0 Å². The molecule has 4 rings (SSSR count). The van der Waals surface area contributed by atoms with Crippen LogP contribution >= 0.6 is 0 Å². The quantitative estimate of drug-likeness (QED) is 0.643. The monoisotopic (exact) mass is 468 g/mol. The highest BCUT2D eigenvalue weighted by molar-refractivity contribution is 6.01. The van der Waals surface area contributed by atoms with Crippen molar-refractivity contribution in [3.8, 4) is 11.5 Å². The number of hydrogen-bond donors (Lipinski definition) is 2. The Kier molecular flexibility index (Phi) is 7.17. The van der Waals surface area contributed by atoms with E-state index in [-0.39, 0.29) is 24.5 Å². The van der Waals surface area contributed by atoms with Crippen LogP contribution in [0.3, 0.4) is 0 Å². The zero-order valence-electron chi connectivity index (χ0n) is 19.2. The molecule has 2 aliphatic heterocycles. The Morgan fingerprint density at radius 1 is 1.03 bits per heavy atom. The summed E-state index contributed by atoms with van der Waals surface area (Å²) in [4.78, 5) is 40.6. The van der Waals surface area contributed by atoms with Gasteiger partial charge in [-0.15, -0.1) is 0 Å². The fourth-order valence-electron chi connectivity index (χ4n) is 4.02. The molecule has 0 aromatic heterocycles. The Morgan fingerprint density at radius 2 is 1.76 bits per heavy atom. The molecule has 34 heavy (non-hydrogen) atoms. The van der Waals surface area contributed by atoms with Crippen LogP contribution in [0.25, 0.3) is 0 Å². The number of benzene rings is 2. The highest BCUT2D eigenvalue weighted by Crippen LogP contribution is 2.32. The number of piperazine rings is 1. The van der Waals surface area contributed by atoms with Gasteiger partial charge < -0.3 is 24.4 Å². The second-order valence-electron chi connectivity index (χ2n) is 8.16. The number of carbonyl (C=O) groups excluding carboxylic acids is 3. The van der Waals surface area contributed by atoms with Crippen LogP contribution in [0, 0.1) is 0 Å². The normalized spacial score (nSPS) is 17.6. The smallest absolute Gasteiger partial charge is 0.337 e. The number of fused-ring (bicyclic) bond motifs is 1. The predicted octanol–water partition coefficient (Wildman–Crippen LogP) is 2.10. The Morgan fingerprint density at radius 3 is 2.47 bits per heavy atom. The van der Waals surface area contributed by atoms with Crippen LogP contribution in [0.5, 0.6) is 11.5 Å². The first-order valence-corrected chi connectivity index (χ1v) is 11.1. The summed E-state index contributed by atoms with van der Waals surface area (Å²) in [6.07, 6.45) is 0. The number of methoxy groups -OCH3 is 1. The standard InChI is InChI=1S/C24H28N4O6/c1-16-14-28(19-6-3-17(4-7-19)23(30)32-2)10-9-27(16)15-22(29)26-24(31)25-18-5-8-20-21(13-18)34-12-11-33-20/h3-8,13,16H,9-12,14-15H2,1-2H3,(H2,25,26,29,31). The van der Waals surface area contributed by atoms with Crippen molar-refractivity contribution >= 4 is 29.3 Å². The number of hydrogen-bond acceptors (Lipinski definition) is 8. The minimum Gasteiger partial charge on any atom is -0.486 e. The van der Waals surface area contributed by atoms with Crippen molar-refractivity contribution in [2.75, 3.05) is 56.7 Å². The van der Waals surface area contributed by atoms with E-state index in [0.717, 1.165) is 12.2 Å². The van der Waals surface area contributed by atoms with E-state index in [9.17, 15) is 14.4 Å². The summed E-state index contributed by atoms with van der Waals surface area (Å²) in [5, 5.41) is 5.03. The van der Waals surface area contributed by atoms with Gasteiger partial charge in [0.15, 0.2) is 11.5 Å². The maximum atomic E-state index is 12.5. The van der Waals surface area contributed by atoms with E-state index in [0.29, 0.717) is 49.1 Å². The minimum absolute atomic E-state index is 0.0978. The number of urea groups is 1. The van der Waals surface area contributed by atoms with Gasteiger partial charge in [-0.25, -0.2) is 9.59 Å². The highest BCUT2D eigenvalue weighted by atomic mass is 16.6. The van der Waals surface area contributed by atoms with Gasteiger partial charge in [0.1, 0.15) is 13.2 Å². The van der Waals surface area contributed by atoms with Crippen molar-refractivity contribution < 1.29 is 28.6 Å². The molecule has 2 aromatic rings. The second kappa shape index (κ2) is 10.4. The number of amides is 3. The summed E-state index contributed by atoms with van der Waals surface area (Å²) < 4.78 is 15.7. The minimum atomic E-state index is -0.598. The van der Waals surface area contributed by atoms with Crippen LogP contribution < -0.4 is 25.0 Å². The number of esters is 1.